The Labute approximate surface area is 92.2 Å². The van der Waals surface area contributed by atoms with Crippen LogP contribution < -0.4 is 5.32 Å². The molecule has 0 aliphatic carbocycles. The molecular weight excluding hydrogens is 192 g/mol. The first-order valence-corrected chi connectivity index (χ1v) is 5.27. The van der Waals surface area contributed by atoms with Gasteiger partial charge in [-0.05, 0) is 25.5 Å². The number of hydrogen-bond acceptors (Lipinski definition) is 2. The first kappa shape index (κ1) is 14.0. The third kappa shape index (κ3) is 8.00. The first-order valence-electron chi connectivity index (χ1n) is 5.27. The lowest BCUT2D eigenvalue weighted by Crippen LogP contribution is -2.36. The highest BCUT2D eigenvalue weighted by Crippen LogP contribution is 2.04. The van der Waals surface area contributed by atoms with Crippen LogP contribution in [-0.4, -0.2) is 49.3 Å². The summed E-state index contributed by atoms with van der Waals surface area (Å²) in [6, 6.07) is -0.491. The molecule has 4 nitrogen and oxygen atoms in total. The number of rotatable bonds is 8. The number of nitrogens with zero attached hydrogens (tertiary/aromatic N) is 1. The maximum Gasteiger partial charge on any atom is 0.326 e. The Bertz CT molecular complexity index is 209. The van der Waals surface area contributed by atoms with Crippen molar-refractivity contribution in [3.05, 3.63) is 12.8 Å². The molecule has 0 saturated heterocycles. The van der Waals surface area contributed by atoms with E-state index in [4.69, 9.17) is 5.11 Å². The van der Waals surface area contributed by atoms with E-state index in [2.05, 4.69) is 33.0 Å². The second-order valence-corrected chi connectivity index (χ2v) is 4.77. The Balaban J connectivity index is 3.72. The molecule has 0 aromatic heterocycles. The molecule has 0 aromatic carbocycles. The Morgan fingerprint density at radius 3 is 2.47 bits per heavy atom. The van der Waals surface area contributed by atoms with Gasteiger partial charge in [0.1, 0.15) is 6.04 Å². The molecule has 0 saturated carbocycles. The summed E-state index contributed by atoms with van der Waals surface area (Å²) >= 11 is 0. The largest absolute Gasteiger partial charge is 0.480 e. The van der Waals surface area contributed by atoms with Gasteiger partial charge in [0.15, 0.2) is 0 Å². The van der Waals surface area contributed by atoms with Crippen LogP contribution >= 0.6 is 0 Å². The van der Waals surface area contributed by atoms with E-state index in [1.807, 2.05) is 0 Å². The van der Waals surface area contributed by atoms with Gasteiger partial charge < -0.3 is 14.9 Å². The van der Waals surface area contributed by atoms with E-state index in [9.17, 15) is 4.79 Å². The van der Waals surface area contributed by atoms with Gasteiger partial charge in [-0.2, -0.15) is 0 Å². The van der Waals surface area contributed by atoms with Crippen molar-refractivity contribution in [2.45, 2.75) is 25.3 Å². The van der Waals surface area contributed by atoms with Gasteiger partial charge in [0.05, 0.1) is 27.7 Å². The van der Waals surface area contributed by atoms with E-state index in [-0.39, 0.29) is 0 Å². The van der Waals surface area contributed by atoms with Gasteiger partial charge in [-0.1, -0.05) is 6.58 Å². The minimum atomic E-state index is -0.805. The lowest BCUT2D eigenvalue weighted by atomic mass is 10.1. The number of carboxylic acids is 1. The van der Waals surface area contributed by atoms with Gasteiger partial charge in [0.2, 0.25) is 0 Å². The van der Waals surface area contributed by atoms with Crippen LogP contribution in [0.4, 0.5) is 0 Å². The van der Waals surface area contributed by atoms with Crippen LogP contribution in [0.15, 0.2) is 12.8 Å². The normalized spacial score (nSPS) is 13.3. The van der Waals surface area contributed by atoms with Crippen LogP contribution in [0.5, 0.6) is 0 Å². The summed E-state index contributed by atoms with van der Waals surface area (Å²) in [5.41, 5.74) is 0. The fraction of sp³-hybridized carbons (Fsp3) is 0.727. The predicted molar refractivity (Wildman–Crippen MR) is 61.5 cm³/mol. The van der Waals surface area contributed by atoms with E-state index in [0.29, 0.717) is 6.42 Å². The number of nitrogens with one attached hydrogen (secondary N) is 1. The van der Waals surface area contributed by atoms with Crippen molar-refractivity contribution in [1.82, 2.24) is 5.32 Å². The van der Waals surface area contributed by atoms with E-state index in [1.165, 1.54) is 6.20 Å². The summed E-state index contributed by atoms with van der Waals surface area (Å²) in [6.45, 7) is 4.54. The topological polar surface area (TPSA) is 49.3 Å². The molecule has 0 fully saturated rings. The lowest BCUT2D eigenvalue weighted by molar-refractivity contribution is -0.870. The van der Waals surface area contributed by atoms with Crippen molar-refractivity contribution < 1.29 is 14.4 Å². The SMILES string of the molecule is C=CN[C@@H](CCCC[N+](C)(C)C)C(=O)O. The van der Waals surface area contributed by atoms with Crippen molar-refractivity contribution in [2.75, 3.05) is 27.7 Å². The molecule has 0 bridgehead atoms. The van der Waals surface area contributed by atoms with E-state index >= 15 is 0 Å². The highest BCUT2D eigenvalue weighted by molar-refractivity contribution is 5.73. The molecular formula is C11H23N2O2+. The molecule has 0 rings (SSSR count). The second kappa shape index (κ2) is 6.45. The van der Waals surface area contributed by atoms with Crippen molar-refractivity contribution in [3.63, 3.8) is 0 Å². The lowest BCUT2D eigenvalue weighted by Gasteiger charge is -2.24. The van der Waals surface area contributed by atoms with Crippen LogP contribution in [0.25, 0.3) is 0 Å². The summed E-state index contributed by atoms with van der Waals surface area (Å²) in [4.78, 5) is 10.8. The number of aliphatic carboxylic acids is 1. The van der Waals surface area contributed by atoms with Crippen molar-refractivity contribution in [2.24, 2.45) is 0 Å². The Hall–Kier alpha value is -1.03. The van der Waals surface area contributed by atoms with E-state index in [1.54, 1.807) is 0 Å². The van der Waals surface area contributed by atoms with Crippen LogP contribution in [0.2, 0.25) is 0 Å². The standard InChI is InChI=1S/C11H22N2O2/c1-5-12-10(11(14)15)8-6-7-9-13(2,3)4/h5,10,12H,1,6-9H2,2-4H3/p+1/t10-/m0/s1. The third-order valence-corrected chi connectivity index (χ3v) is 2.19. The number of unbranched alkanes of at least 4 members (excludes halogenated alkanes) is 1. The fourth-order valence-corrected chi connectivity index (χ4v) is 1.35. The predicted octanol–water partition coefficient (Wildman–Crippen LogP) is 1.05. The highest BCUT2D eigenvalue weighted by atomic mass is 16.4. The third-order valence-electron chi connectivity index (χ3n) is 2.19. The fourth-order valence-electron chi connectivity index (χ4n) is 1.35. The molecule has 0 radical (unpaired) electrons. The molecule has 0 aromatic rings. The monoisotopic (exact) mass is 215 g/mol. The molecule has 0 aliphatic rings. The minimum Gasteiger partial charge on any atom is -0.480 e. The summed E-state index contributed by atoms with van der Waals surface area (Å²) in [7, 11) is 6.41. The molecule has 0 amide bonds. The first-order chi connectivity index (χ1) is 6.87. The molecule has 15 heavy (non-hydrogen) atoms. The van der Waals surface area contributed by atoms with Crippen LogP contribution in [0, 0.1) is 0 Å². The Morgan fingerprint density at radius 1 is 1.47 bits per heavy atom. The van der Waals surface area contributed by atoms with Crippen LogP contribution in [-0.2, 0) is 4.79 Å². The van der Waals surface area contributed by atoms with Crippen molar-refractivity contribution in [3.8, 4) is 0 Å². The van der Waals surface area contributed by atoms with Crippen LogP contribution in [0.3, 0.4) is 0 Å². The summed E-state index contributed by atoms with van der Waals surface area (Å²) in [5, 5.41) is 11.6. The van der Waals surface area contributed by atoms with Gasteiger partial charge in [-0.25, -0.2) is 4.79 Å². The highest BCUT2D eigenvalue weighted by Gasteiger charge is 2.15. The molecule has 0 aliphatic heterocycles. The molecule has 88 valence electrons. The van der Waals surface area contributed by atoms with Crippen molar-refractivity contribution in [1.29, 1.82) is 0 Å². The zero-order chi connectivity index (χ0) is 11.9. The maximum absolute atomic E-state index is 10.8. The van der Waals surface area contributed by atoms with Gasteiger partial charge >= 0.3 is 5.97 Å². The summed E-state index contributed by atoms with van der Waals surface area (Å²) < 4.78 is 0.923. The molecule has 2 N–H and O–H groups in total. The van der Waals surface area contributed by atoms with E-state index < -0.39 is 12.0 Å². The number of hydrogen-bond donors (Lipinski definition) is 2. The number of carbonyl (C=O) groups is 1. The zero-order valence-electron chi connectivity index (χ0n) is 9.99. The Morgan fingerprint density at radius 2 is 2.07 bits per heavy atom. The Kier molecular flexibility index (Phi) is 6.01. The minimum absolute atomic E-state index is 0.491. The molecule has 1 atom stereocenters. The van der Waals surface area contributed by atoms with Gasteiger partial charge in [0.25, 0.3) is 0 Å². The average Bonchev–Trinajstić information content (AvgIpc) is 2.08. The second-order valence-electron chi connectivity index (χ2n) is 4.77. The smallest absolute Gasteiger partial charge is 0.326 e. The summed E-state index contributed by atoms with van der Waals surface area (Å²) in [5.74, 6) is -0.805. The van der Waals surface area contributed by atoms with Gasteiger partial charge in [-0.3, -0.25) is 0 Å². The number of quaternary nitrogens is 1. The molecule has 0 unspecified atom stereocenters. The number of carboxylic acid groups (broad SMARTS) is 1. The molecule has 4 heteroatoms. The van der Waals surface area contributed by atoms with Crippen molar-refractivity contribution >= 4 is 5.97 Å². The zero-order valence-corrected chi connectivity index (χ0v) is 9.99. The molecule has 0 heterocycles. The summed E-state index contributed by atoms with van der Waals surface area (Å²) in [6.07, 6.45) is 4.07. The average molecular weight is 215 g/mol. The quantitative estimate of drug-likeness (QED) is 0.470. The maximum atomic E-state index is 10.8. The van der Waals surface area contributed by atoms with E-state index in [0.717, 1.165) is 23.9 Å². The van der Waals surface area contributed by atoms with Gasteiger partial charge in [0, 0.05) is 0 Å². The van der Waals surface area contributed by atoms with Crippen LogP contribution in [0.1, 0.15) is 19.3 Å². The molecule has 0 spiro atoms. The van der Waals surface area contributed by atoms with Gasteiger partial charge in [-0.15, -0.1) is 0 Å².